The van der Waals surface area contributed by atoms with Gasteiger partial charge >= 0.3 is 0 Å². The molecule has 0 radical (unpaired) electrons. The molecule has 1 fully saturated rings. The molecule has 1 atom stereocenters. The number of hydrogen-bond acceptors (Lipinski definition) is 4. The van der Waals surface area contributed by atoms with Crippen molar-refractivity contribution in [3.8, 4) is 5.75 Å². The molecule has 0 aliphatic carbocycles. The van der Waals surface area contributed by atoms with Gasteiger partial charge in [-0.2, -0.15) is 0 Å². The molecule has 0 aromatic heterocycles. The van der Waals surface area contributed by atoms with Crippen molar-refractivity contribution in [2.45, 2.75) is 18.9 Å². The van der Waals surface area contributed by atoms with Gasteiger partial charge in [0.15, 0.2) is 6.61 Å². The van der Waals surface area contributed by atoms with Crippen molar-refractivity contribution in [2.24, 2.45) is 5.73 Å². The normalized spacial score (nSPS) is 20.8. The molecule has 2 heterocycles. The summed E-state index contributed by atoms with van der Waals surface area (Å²) in [4.78, 5) is 28.0. The van der Waals surface area contributed by atoms with Gasteiger partial charge in [-0.25, -0.2) is 0 Å². The van der Waals surface area contributed by atoms with E-state index < -0.39 is 0 Å². The lowest BCUT2D eigenvalue weighted by Gasteiger charge is -2.31. The number of anilines is 1. The van der Waals surface area contributed by atoms with Crippen LogP contribution < -0.4 is 15.4 Å². The Morgan fingerprint density at radius 3 is 3.05 bits per heavy atom. The first-order valence-corrected chi connectivity index (χ1v) is 8.11. The third kappa shape index (κ3) is 2.83. The van der Waals surface area contributed by atoms with Crippen LogP contribution in [0.15, 0.2) is 22.7 Å². The molecule has 3 rings (SSSR count). The fourth-order valence-corrected chi connectivity index (χ4v) is 3.33. The molecular formula is C15H18BrN3O3. The first-order valence-electron chi connectivity index (χ1n) is 7.32. The average molecular weight is 368 g/mol. The molecule has 2 aliphatic heterocycles. The van der Waals surface area contributed by atoms with Crippen LogP contribution in [0.5, 0.6) is 5.75 Å². The second-order valence-electron chi connectivity index (χ2n) is 5.50. The van der Waals surface area contributed by atoms with Gasteiger partial charge in [-0.15, -0.1) is 0 Å². The Kier molecular flexibility index (Phi) is 4.35. The zero-order chi connectivity index (χ0) is 15.7. The number of ether oxygens (including phenoxy) is 1. The van der Waals surface area contributed by atoms with Crippen LogP contribution in [0.25, 0.3) is 0 Å². The van der Waals surface area contributed by atoms with E-state index in [4.69, 9.17) is 10.5 Å². The third-order valence-electron chi connectivity index (χ3n) is 4.13. The minimum absolute atomic E-state index is 0.0350. The summed E-state index contributed by atoms with van der Waals surface area (Å²) in [6.07, 6.45) is 1.90. The molecule has 2 aliphatic rings. The Bertz CT molecular complexity index is 608. The summed E-state index contributed by atoms with van der Waals surface area (Å²) < 4.78 is 6.30. The fraction of sp³-hybridized carbons (Fsp3) is 0.467. The SMILES string of the molecule is NC[C@@H]1CCCN1C(=O)CN1C(=O)COc2cc(Br)ccc21. The van der Waals surface area contributed by atoms with E-state index in [1.807, 2.05) is 6.07 Å². The lowest BCUT2D eigenvalue weighted by atomic mass is 10.2. The van der Waals surface area contributed by atoms with Gasteiger partial charge in [-0.05, 0) is 31.0 Å². The summed E-state index contributed by atoms with van der Waals surface area (Å²) in [5, 5.41) is 0. The largest absolute Gasteiger partial charge is 0.482 e. The van der Waals surface area contributed by atoms with Crippen molar-refractivity contribution in [2.75, 3.05) is 31.1 Å². The van der Waals surface area contributed by atoms with Crippen molar-refractivity contribution in [1.29, 1.82) is 0 Å². The molecule has 6 nitrogen and oxygen atoms in total. The minimum atomic E-state index is -0.202. The molecule has 118 valence electrons. The number of nitrogens with two attached hydrogens (primary N) is 1. The van der Waals surface area contributed by atoms with Crippen LogP contribution in [-0.4, -0.2) is 49.0 Å². The Hall–Kier alpha value is -1.60. The zero-order valence-corrected chi connectivity index (χ0v) is 13.7. The number of rotatable bonds is 3. The van der Waals surface area contributed by atoms with E-state index in [1.165, 1.54) is 4.90 Å². The van der Waals surface area contributed by atoms with Gasteiger partial charge in [0.1, 0.15) is 12.3 Å². The third-order valence-corrected chi connectivity index (χ3v) is 4.62. The van der Waals surface area contributed by atoms with Gasteiger partial charge in [-0.3, -0.25) is 14.5 Å². The van der Waals surface area contributed by atoms with Crippen molar-refractivity contribution < 1.29 is 14.3 Å². The lowest BCUT2D eigenvalue weighted by molar-refractivity contribution is -0.132. The van der Waals surface area contributed by atoms with Crippen LogP contribution in [0.2, 0.25) is 0 Å². The first kappa shape index (κ1) is 15.3. The van der Waals surface area contributed by atoms with Gasteiger partial charge in [0.2, 0.25) is 5.91 Å². The van der Waals surface area contributed by atoms with E-state index in [1.54, 1.807) is 17.0 Å². The average Bonchev–Trinajstić information content (AvgIpc) is 2.98. The summed E-state index contributed by atoms with van der Waals surface area (Å²) in [7, 11) is 0. The summed E-state index contributed by atoms with van der Waals surface area (Å²) in [5.41, 5.74) is 6.35. The topological polar surface area (TPSA) is 75.9 Å². The maximum absolute atomic E-state index is 12.5. The van der Waals surface area contributed by atoms with Gasteiger partial charge < -0.3 is 15.4 Å². The molecule has 1 saturated heterocycles. The number of nitrogens with zero attached hydrogens (tertiary/aromatic N) is 2. The molecule has 0 bridgehead atoms. The van der Waals surface area contributed by atoms with Crippen LogP contribution in [-0.2, 0) is 9.59 Å². The van der Waals surface area contributed by atoms with Crippen molar-refractivity contribution in [1.82, 2.24) is 4.90 Å². The van der Waals surface area contributed by atoms with Crippen molar-refractivity contribution >= 4 is 33.4 Å². The van der Waals surface area contributed by atoms with E-state index in [9.17, 15) is 9.59 Å². The molecule has 0 saturated carbocycles. The molecule has 22 heavy (non-hydrogen) atoms. The summed E-state index contributed by atoms with van der Waals surface area (Å²) in [6, 6.07) is 5.51. The first-order chi connectivity index (χ1) is 10.6. The highest BCUT2D eigenvalue weighted by Crippen LogP contribution is 2.34. The van der Waals surface area contributed by atoms with Gasteiger partial charge in [0.05, 0.1) is 5.69 Å². The van der Waals surface area contributed by atoms with Crippen LogP contribution >= 0.6 is 15.9 Å². The maximum Gasteiger partial charge on any atom is 0.265 e. The minimum Gasteiger partial charge on any atom is -0.482 e. The van der Waals surface area contributed by atoms with E-state index in [0.717, 1.165) is 17.3 Å². The van der Waals surface area contributed by atoms with E-state index in [-0.39, 0.29) is 31.0 Å². The predicted octanol–water partition coefficient (Wildman–Crippen LogP) is 1.12. The Morgan fingerprint density at radius 2 is 2.27 bits per heavy atom. The molecule has 0 spiro atoms. The van der Waals surface area contributed by atoms with Crippen LogP contribution in [0.4, 0.5) is 5.69 Å². The molecule has 2 amide bonds. The number of benzene rings is 1. The molecule has 2 N–H and O–H groups in total. The summed E-state index contributed by atoms with van der Waals surface area (Å²) in [5.74, 6) is 0.349. The van der Waals surface area contributed by atoms with E-state index in [0.29, 0.717) is 24.5 Å². The maximum atomic E-state index is 12.5. The standard InChI is InChI=1S/C15H18BrN3O3/c16-10-3-4-12-13(6-10)22-9-15(21)19(12)8-14(20)18-5-1-2-11(18)7-17/h3-4,6,11H,1-2,5,7-9,17H2/t11-/m0/s1. The number of hydrogen-bond donors (Lipinski definition) is 1. The van der Waals surface area contributed by atoms with Crippen LogP contribution in [0.3, 0.4) is 0 Å². The van der Waals surface area contributed by atoms with Crippen LogP contribution in [0, 0.1) is 0 Å². The monoisotopic (exact) mass is 367 g/mol. The number of fused-ring (bicyclic) bond motifs is 1. The molecular weight excluding hydrogens is 350 g/mol. The zero-order valence-electron chi connectivity index (χ0n) is 12.1. The quantitative estimate of drug-likeness (QED) is 0.868. The lowest BCUT2D eigenvalue weighted by Crippen LogP contribution is -2.48. The van der Waals surface area contributed by atoms with E-state index >= 15 is 0 Å². The Morgan fingerprint density at radius 1 is 1.45 bits per heavy atom. The number of halogens is 1. The second kappa shape index (κ2) is 6.26. The Labute approximate surface area is 137 Å². The van der Waals surface area contributed by atoms with Crippen molar-refractivity contribution in [3.05, 3.63) is 22.7 Å². The second-order valence-corrected chi connectivity index (χ2v) is 6.42. The fourth-order valence-electron chi connectivity index (χ4n) is 2.99. The molecule has 0 unspecified atom stereocenters. The van der Waals surface area contributed by atoms with Gasteiger partial charge in [0.25, 0.3) is 5.91 Å². The number of likely N-dealkylation sites (tertiary alicyclic amines) is 1. The summed E-state index contributed by atoms with van der Waals surface area (Å²) >= 11 is 3.37. The molecule has 1 aromatic carbocycles. The Balaban J connectivity index is 1.80. The molecule has 1 aromatic rings. The summed E-state index contributed by atoms with van der Waals surface area (Å²) in [6.45, 7) is 1.17. The van der Waals surface area contributed by atoms with E-state index in [2.05, 4.69) is 15.9 Å². The highest BCUT2D eigenvalue weighted by molar-refractivity contribution is 9.10. The van der Waals surface area contributed by atoms with Gasteiger partial charge in [-0.1, -0.05) is 15.9 Å². The molecule has 7 heteroatoms. The highest BCUT2D eigenvalue weighted by Gasteiger charge is 2.32. The highest BCUT2D eigenvalue weighted by atomic mass is 79.9. The number of amides is 2. The van der Waals surface area contributed by atoms with Crippen LogP contribution in [0.1, 0.15) is 12.8 Å². The van der Waals surface area contributed by atoms with Gasteiger partial charge in [0, 0.05) is 23.6 Å². The number of carbonyl (C=O) groups excluding carboxylic acids is 2. The smallest absolute Gasteiger partial charge is 0.265 e. The predicted molar refractivity (Wildman–Crippen MR) is 85.8 cm³/mol. The number of carbonyl (C=O) groups is 2. The van der Waals surface area contributed by atoms with Crippen molar-refractivity contribution in [3.63, 3.8) is 0 Å².